The zero-order valence-electron chi connectivity index (χ0n) is 6.94. The van der Waals surface area contributed by atoms with Crippen molar-refractivity contribution in [3.05, 3.63) is 21.8 Å². The van der Waals surface area contributed by atoms with E-state index >= 15 is 0 Å². The molecule has 0 saturated carbocycles. The summed E-state index contributed by atoms with van der Waals surface area (Å²) in [6, 6.07) is 1.59. The lowest BCUT2D eigenvalue weighted by Crippen LogP contribution is -2.27. The summed E-state index contributed by atoms with van der Waals surface area (Å²) in [5, 5.41) is 1.81. The molecule has 0 aliphatic carbocycles. The van der Waals surface area contributed by atoms with Gasteiger partial charge in [0, 0.05) is 11.4 Å². The maximum Gasteiger partial charge on any atom is 0.262 e. The van der Waals surface area contributed by atoms with Crippen LogP contribution in [-0.4, -0.2) is 23.0 Å². The molecule has 3 nitrogen and oxygen atoms in total. The van der Waals surface area contributed by atoms with Gasteiger partial charge in [0.15, 0.2) is 0 Å². The molecule has 0 amide bonds. The number of rotatable bonds is 2. The Hall–Kier alpha value is -0.610. The predicted molar refractivity (Wildman–Crippen MR) is 47.0 cm³/mol. The minimum Gasteiger partial charge on any atom is -0.289 e. The first-order valence-electron chi connectivity index (χ1n) is 3.46. The van der Waals surface area contributed by atoms with Gasteiger partial charge in [0.05, 0.1) is 6.17 Å². The molecule has 0 N–H and O–H groups in total. The molecular formula is C7H12N2OS. The van der Waals surface area contributed by atoms with Crippen molar-refractivity contribution < 1.29 is 0 Å². The monoisotopic (exact) mass is 172 g/mol. The van der Waals surface area contributed by atoms with E-state index < -0.39 is 0 Å². The van der Waals surface area contributed by atoms with Gasteiger partial charge in [-0.15, -0.1) is 0 Å². The summed E-state index contributed by atoms with van der Waals surface area (Å²) in [6.07, 6.45) is 0.155. The summed E-state index contributed by atoms with van der Waals surface area (Å²) in [5.74, 6) is 0. The lowest BCUT2D eigenvalue weighted by molar-refractivity contribution is 0.248. The molecular weight excluding hydrogens is 160 g/mol. The smallest absolute Gasteiger partial charge is 0.262 e. The Balaban J connectivity index is 2.93. The van der Waals surface area contributed by atoms with Crippen molar-refractivity contribution in [2.75, 3.05) is 14.1 Å². The van der Waals surface area contributed by atoms with E-state index in [0.717, 1.165) is 0 Å². The van der Waals surface area contributed by atoms with E-state index in [0.29, 0.717) is 0 Å². The van der Waals surface area contributed by atoms with Gasteiger partial charge < -0.3 is 0 Å². The van der Waals surface area contributed by atoms with E-state index in [2.05, 4.69) is 0 Å². The minimum atomic E-state index is 0.0798. The standard InChI is InChI=1S/C7H12N2OS/c1-6(8(2)3)9-7(10)4-5-11-9/h4-6H,1-3H3. The minimum absolute atomic E-state index is 0.0798. The van der Waals surface area contributed by atoms with E-state index in [4.69, 9.17) is 0 Å². The van der Waals surface area contributed by atoms with Gasteiger partial charge in [-0.05, 0) is 21.0 Å². The summed E-state index contributed by atoms with van der Waals surface area (Å²) < 4.78 is 1.74. The molecule has 0 aliphatic rings. The van der Waals surface area contributed by atoms with Crippen molar-refractivity contribution >= 4 is 11.5 Å². The van der Waals surface area contributed by atoms with Gasteiger partial charge in [0.25, 0.3) is 5.56 Å². The molecule has 1 rings (SSSR count). The van der Waals surface area contributed by atoms with Gasteiger partial charge in [0.2, 0.25) is 0 Å². The molecule has 0 saturated heterocycles. The Morgan fingerprint density at radius 3 is 2.64 bits per heavy atom. The fraction of sp³-hybridized carbons (Fsp3) is 0.571. The molecule has 1 atom stereocenters. The first kappa shape index (κ1) is 8.49. The van der Waals surface area contributed by atoms with Crippen molar-refractivity contribution in [2.45, 2.75) is 13.1 Å². The molecule has 0 fully saturated rings. The van der Waals surface area contributed by atoms with E-state index in [1.807, 2.05) is 31.3 Å². The second-order valence-electron chi connectivity index (χ2n) is 2.67. The molecule has 0 bridgehead atoms. The van der Waals surface area contributed by atoms with Crippen LogP contribution in [0.1, 0.15) is 13.1 Å². The first-order chi connectivity index (χ1) is 5.13. The maximum atomic E-state index is 11.1. The second-order valence-corrected chi connectivity index (χ2v) is 3.54. The van der Waals surface area contributed by atoms with Crippen molar-refractivity contribution in [1.82, 2.24) is 8.86 Å². The Bertz CT molecular complexity index is 276. The number of nitrogens with zero attached hydrogens (tertiary/aromatic N) is 2. The molecule has 62 valence electrons. The van der Waals surface area contributed by atoms with Crippen LogP contribution in [-0.2, 0) is 0 Å². The molecule has 1 heterocycles. The molecule has 0 aromatic carbocycles. The lowest BCUT2D eigenvalue weighted by atomic mass is 10.5. The first-order valence-corrected chi connectivity index (χ1v) is 4.29. The summed E-state index contributed by atoms with van der Waals surface area (Å²) in [6.45, 7) is 2.00. The Morgan fingerprint density at radius 2 is 2.27 bits per heavy atom. The summed E-state index contributed by atoms with van der Waals surface area (Å²) in [7, 11) is 3.91. The Morgan fingerprint density at radius 1 is 1.64 bits per heavy atom. The quantitative estimate of drug-likeness (QED) is 0.664. The van der Waals surface area contributed by atoms with E-state index in [9.17, 15) is 4.79 Å². The number of hydrogen-bond donors (Lipinski definition) is 0. The van der Waals surface area contributed by atoms with Gasteiger partial charge in [-0.2, -0.15) is 0 Å². The van der Waals surface area contributed by atoms with Crippen LogP contribution in [0.3, 0.4) is 0 Å². The topological polar surface area (TPSA) is 25.2 Å². The van der Waals surface area contributed by atoms with Crippen LogP contribution >= 0.6 is 11.5 Å². The third kappa shape index (κ3) is 1.70. The zero-order valence-corrected chi connectivity index (χ0v) is 7.76. The van der Waals surface area contributed by atoms with Crippen LogP contribution in [0.5, 0.6) is 0 Å². The van der Waals surface area contributed by atoms with Crippen LogP contribution in [0.2, 0.25) is 0 Å². The number of hydrogen-bond acceptors (Lipinski definition) is 3. The fourth-order valence-electron chi connectivity index (χ4n) is 0.762. The molecule has 11 heavy (non-hydrogen) atoms. The largest absolute Gasteiger partial charge is 0.289 e. The van der Waals surface area contributed by atoms with Crippen LogP contribution in [0, 0.1) is 0 Å². The van der Waals surface area contributed by atoms with E-state index in [-0.39, 0.29) is 11.7 Å². The van der Waals surface area contributed by atoms with E-state index in [1.54, 1.807) is 10.0 Å². The van der Waals surface area contributed by atoms with E-state index in [1.165, 1.54) is 11.5 Å². The normalized spacial score (nSPS) is 13.8. The molecule has 1 aromatic rings. The molecule has 1 aromatic heterocycles. The highest BCUT2D eigenvalue weighted by Gasteiger charge is 2.08. The Kier molecular flexibility index (Phi) is 2.46. The maximum absolute atomic E-state index is 11.1. The summed E-state index contributed by atoms with van der Waals surface area (Å²) in [5.41, 5.74) is 0.0798. The highest BCUT2D eigenvalue weighted by molar-refractivity contribution is 7.04. The van der Waals surface area contributed by atoms with Gasteiger partial charge >= 0.3 is 0 Å². The van der Waals surface area contributed by atoms with Crippen LogP contribution in [0.25, 0.3) is 0 Å². The highest BCUT2D eigenvalue weighted by atomic mass is 32.1. The predicted octanol–water partition coefficient (Wildman–Crippen LogP) is 0.990. The second kappa shape index (κ2) is 3.19. The third-order valence-electron chi connectivity index (χ3n) is 1.69. The van der Waals surface area contributed by atoms with Crippen LogP contribution in [0.4, 0.5) is 0 Å². The number of aromatic nitrogens is 1. The SMILES string of the molecule is CC(N(C)C)n1sccc1=O. The molecule has 0 aliphatic heterocycles. The fourth-order valence-corrected chi connectivity index (χ4v) is 1.60. The molecule has 0 spiro atoms. The van der Waals surface area contributed by atoms with Crippen molar-refractivity contribution in [3.8, 4) is 0 Å². The average molecular weight is 172 g/mol. The van der Waals surface area contributed by atoms with Gasteiger partial charge in [-0.25, -0.2) is 3.96 Å². The molecule has 0 radical (unpaired) electrons. The van der Waals surface area contributed by atoms with Gasteiger partial charge in [0.1, 0.15) is 0 Å². The Labute approximate surface area is 70.0 Å². The van der Waals surface area contributed by atoms with Crippen molar-refractivity contribution in [3.63, 3.8) is 0 Å². The summed E-state index contributed by atoms with van der Waals surface area (Å²) in [4.78, 5) is 13.1. The van der Waals surface area contributed by atoms with Crippen LogP contribution < -0.4 is 5.56 Å². The van der Waals surface area contributed by atoms with Crippen molar-refractivity contribution in [2.24, 2.45) is 0 Å². The van der Waals surface area contributed by atoms with Crippen LogP contribution in [0.15, 0.2) is 16.2 Å². The van der Waals surface area contributed by atoms with Crippen molar-refractivity contribution in [1.29, 1.82) is 0 Å². The van der Waals surface area contributed by atoms with Gasteiger partial charge in [-0.3, -0.25) is 9.69 Å². The van der Waals surface area contributed by atoms with Gasteiger partial charge in [-0.1, -0.05) is 11.5 Å². The zero-order chi connectivity index (χ0) is 8.43. The third-order valence-corrected chi connectivity index (χ3v) is 2.66. The summed E-state index contributed by atoms with van der Waals surface area (Å²) >= 11 is 1.45. The lowest BCUT2D eigenvalue weighted by Gasteiger charge is -2.19. The average Bonchev–Trinajstić information content (AvgIpc) is 2.33. The molecule has 4 heteroatoms. The molecule has 1 unspecified atom stereocenters. The highest BCUT2D eigenvalue weighted by Crippen LogP contribution is 2.07.